The summed E-state index contributed by atoms with van der Waals surface area (Å²) in [5, 5.41) is 3.29. The molecule has 0 aromatic carbocycles. The van der Waals surface area contributed by atoms with Gasteiger partial charge in [0.25, 0.3) is 0 Å². The highest BCUT2D eigenvalue weighted by Gasteiger charge is 2.31. The van der Waals surface area contributed by atoms with Gasteiger partial charge in [-0.25, -0.2) is 12.7 Å². The summed E-state index contributed by atoms with van der Waals surface area (Å²) < 4.78 is 26.7. The highest BCUT2D eigenvalue weighted by molar-refractivity contribution is 7.89. The number of rotatable bonds is 4. The summed E-state index contributed by atoms with van der Waals surface area (Å²) in [6.45, 7) is 4.16. The maximum absolute atomic E-state index is 12.5. The van der Waals surface area contributed by atoms with Gasteiger partial charge in [-0.05, 0) is 50.6 Å². The first-order valence-electron chi connectivity index (χ1n) is 7.65. The van der Waals surface area contributed by atoms with Gasteiger partial charge in [0.15, 0.2) is 0 Å². The zero-order chi connectivity index (χ0) is 13.9. The van der Waals surface area contributed by atoms with Crippen LogP contribution in [0.15, 0.2) is 0 Å². The van der Waals surface area contributed by atoms with E-state index in [1.165, 1.54) is 12.8 Å². The van der Waals surface area contributed by atoms with Crippen LogP contribution in [0.5, 0.6) is 0 Å². The molecule has 1 saturated carbocycles. The molecule has 0 aromatic heterocycles. The second-order valence-corrected chi connectivity index (χ2v) is 8.49. The summed E-state index contributed by atoms with van der Waals surface area (Å²) in [6, 6.07) is 0.232. The number of nitrogens with one attached hydrogen (secondary N) is 1. The Bertz CT molecular complexity index is 377. The van der Waals surface area contributed by atoms with Crippen LogP contribution >= 0.6 is 0 Å². The Morgan fingerprint density at radius 2 is 1.84 bits per heavy atom. The van der Waals surface area contributed by atoms with E-state index in [-0.39, 0.29) is 6.04 Å². The Kier molecular flexibility index (Phi) is 5.26. The van der Waals surface area contributed by atoms with Gasteiger partial charge < -0.3 is 5.32 Å². The Labute approximate surface area is 118 Å². The van der Waals surface area contributed by atoms with Gasteiger partial charge in [-0.15, -0.1) is 0 Å². The van der Waals surface area contributed by atoms with Crippen LogP contribution in [-0.2, 0) is 10.0 Å². The first-order chi connectivity index (χ1) is 8.99. The van der Waals surface area contributed by atoms with Crippen LogP contribution in [0.25, 0.3) is 0 Å². The van der Waals surface area contributed by atoms with Gasteiger partial charge in [0.2, 0.25) is 10.0 Å². The Morgan fingerprint density at radius 1 is 1.16 bits per heavy atom. The SMILES string of the molecule is CC1CCCC(N(C)S(=O)(=O)CC2CCNCC2)C1. The normalized spacial score (nSPS) is 30.7. The fourth-order valence-electron chi connectivity index (χ4n) is 3.42. The molecule has 1 aliphatic carbocycles. The minimum absolute atomic E-state index is 0.232. The van der Waals surface area contributed by atoms with Crippen LogP contribution in [0, 0.1) is 11.8 Å². The van der Waals surface area contributed by atoms with E-state index < -0.39 is 10.0 Å². The molecule has 2 unspecified atom stereocenters. The molecule has 0 amide bonds. The zero-order valence-corrected chi connectivity index (χ0v) is 13.1. The van der Waals surface area contributed by atoms with Crippen LogP contribution < -0.4 is 5.32 Å². The van der Waals surface area contributed by atoms with E-state index in [9.17, 15) is 8.42 Å². The topological polar surface area (TPSA) is 49.4 Å². The van der Waals surface area contributed by atoms with Crippen molar-refractivity contribution >= 4 is 10.0 Å². The molecule has 2 aliphatic rings. The largest absolute Gasteiger partial charge is 0.317 e. The molecule has 0 spiro atoms. The van der Waals surface area contributed by atoms with Crippen molar-refractivity contribution in [2.24, 2.45) is 11.8 Å². The van der Waals surface area contributed by atoms with Crippen molar-refractivity contribution < 1.29 is 8.42 Å². The molecule has 1 N–H and O–H groups in total. The summed E-state index contributed by atoms with van der Waals surface area (Å²) >= 11 is 0. The molecule has 112 valence electrons. The van der Waals surface area contributed by atoms with E-state index in [1.807, 2.05) is 0 Å². The van der Waals surface area contributed by atoms with Gasteiger partial charge in [-0.2, -0.15) is 0 Å². The zero-order valence-electron chi connectivity index (χ0n) is 12.3. The Morgan fingerprint density at radius 3 is 2.47 bits per heavy atom. The third-order valence-electron chi connectivity index (χ3n) is 4.77. The fraction of sp³-hybridized carbons (Fsp3) is 1.00. The average Bonchev–Trinajstić information content (AvgIpc) is 2.38. The highest BCUT2D eigenvalue weighted by Crippen LogP contribution is 2.29. The molecule has 2 rings (SSSR count). The number of nitrogens with zero attached hydrogens (tertiary/aromatic N) is 1. The first kappa shape index (κ1) is 15.3. The summed E-state index contributed by atoms with van der Waals surface area (Å²) in [6.07, 6.45) is 6.47. The van der Waals surface area contributed by atoms with Crippen LogP contribution in [0.1, 0.15) is 45.4 Å². The summed E-state index contributed by atoms with van der Waals surface area (Å²) in [5.74, 6) is 1.35. The maximum Gasteiger partial charge on any atom is 0.214 e. The van der Waals surface area contributed by atoms with Crippen molar-refractivity contribution in [3.8, 4) is 0 Å². The molecule has 1 saturated heterocycles. The molecule has 0 aromatic rings. The van der Waals surface area contributed by atoms with Crippen molar-refractivity contribution in [1.29, 1.82) is 0 Å². The van der Waals surface area contributed by atoms with E-state index in [0.717, 1.165) is 38.8 Å². The van der Waals surface area contributed by atoms with E-state index in [4.69, 9.17) is 0 Å². The van der Waals surface area contributed by atoms with Crippen molar-refractivity contribution in [2.75, 3.05) is 25.9 Å². The van der Waals surface area contributed by atoms with Crippen molar-refractivity contribution in [2.45, 2.75) is 51.5 Å². The smallest absolute Gasteiger partial charge is 0.214 e. The van der Waals surface area contributed by atoms with Crippen LogP contribution in [0.3, 0.4) is 0 Å². The van der Waals surface area contributed by atoms with Gasteiger partial charge in [0.1, 0.15) is 0 Å². The molecule has 4 nitrogen and oxygen atoms in total. The minimum atomic E-state index is -3.08. The lowest BCUT2D eigenvalue weighted by Gasteiger charge is -2.34. The monoisotopic (exact) mass is 288 g/mol. The van der Waals surface area contributed by atoms with E-state index in [2.05, 4.69) is 12.2 Å². The second-order valence-electron chi connectivity index (χ2n) is 6.41. The predicted molar refractivity (Wildman–Crippen MR) is 78.6 cm³/mol. The molecule has 0 radical (unpaired) electrons. The number of hydrogen-bond donors (Lipinski definition) is 1. The van der Waals surface area contributed by atoms with E-state index in [1.54, 1.807) is 11.4 Å². The van der Waals surface area contributed by atoms with Crippen molar-refractivity contribution in [3.05, 3.63) is 0 Å². The fourth-order valence-corrected chi connectivity index (χ4v) is 5.23. The lowest BCUT2D eigenvalue weighted by atomic mass is 9.87. The summed E-state index contributed by atoms with van der Waals surface area (Å²) in [7, 11) is -1.29. The van der Waals surface area contributed by atoms with Crippen molar-refractivity contribution in [3.63, 3.8) is 0 Å². The van der Waals surface area contributed by atoms with E-state index >= 15 is 0 Å². The molecule has 2 atom stereocenters. The van der Waals surface area contributed by atoms with Gasteiger partial charge in [0.05, 0.1) is 5.75 Å². The molecule has 1 aliphatic heterocycles. The molecule has 2 fully saturated rings. The minimum Gasteiger partial charge on any atom is -0.317 e. The average molecular weight is 288 g/mol. The van der Waals surface area contributed by atoms with Crippen LogP contribution in [0.4, 0.5) is 0 Å². The predicted octanol–water partition coefficient (Wildman–Crippen LogP) is 1.83. The molecule has 5 heteroatoms. The van der Waals surface area contributed by atoms with Crippen molar-refractivity contribution in [1.82, 2.24) is 9.62 Å². The van der Waals surface area contributed by atoms with Gasteiger partial charge in [-0.3, -0.25) is 0 Å². The Balaban J connectivity index is 1.93. The van der Waals surface area contributed by atoms with Gasteiger partial charge >= 0.3 is 0 Å². The van der Waals surface area contributed by atoms with E-state index in [0.29, 0.717) is 17.6 Å². The first-order valence-corrected chi connectivity index (χ1v) is 9.26. The molecule has 0 bridgehead atoms. The Hall–Kier alpha value is -0.130. The lowest BCUT2D eigenvalue weighted by molar-refractivity contribution is 0.237. The number of hydrogen-bond acceptors (Lipinski definition) is 3. The third kappa shape index (κ3) is 4.17. The standard InChI is InChI=1S/C14H28N2O2S/c1-12-4-3-5-14(10-12)16(2)19(17,18)11-13-6-8-15-9-7-13/h12-15H,3-11H2,1-2H3. The third-order valence-corrected chi connectivity index (χ3v) is 6.84. The quantitative estimate of drug-likeness (QED) is 0.858. The maximum atomic E-state index is 12.5. The molecular weight excluding hydrogens is 260 g/mol. The summed E-state index contributed by atoms with van der Waals surface area (Å²) in [5.41, 5.74) is 0. The highest BCUT2D eigenvalue weighted by atomic mass is 32.2. The summed E-state index contributed by atoms with van der Waals surface area (Å²) in [4.78, 5) is 0. The van der Waals surface area contributed by atoms with Crippen LogP contribution in [0.2, 0.25) is 0 Å². The lowest BCUT2D eigenvalue weighted by Crippen LogP contribution is -2.43. The number of piperidine rings is 1. The second kappa shape index (κ2) is 6.55. The molecular formula is C14H28N2O2S. The molecule has 1 heterocycles. The van der Waals surface area contributed by atoms with Gasteiger partial charge in [0, 0.05) is 13.1 Å². The van der Waals surface area contributed by atoms with Crippen LogP contribution in [-0.4, -0.2) is 44.7 Å². The number of sulfonamides is 1. The van der Waals surface area contributed by atoms with Gasteiger partial charge in [-0.1, -0.05) is 19.8 Å². The molecule has 19 heavy (non-hydrogen) atoms.